The highest BCUT2D eigenvalue weighted by Gasteiger charge is 2.30. The van der Waals surface area contributed by atoms with E-state index in [2.05, 4.69) is 26.1 Å². The Labute approximate surface area is 125 Å². The summed E-state index contributed by atoms with van der Waals surface area (Å²) in [5, 5.41) is 3.06. The first-order valence-electron chi connectivity index (χ1n) is 7.90. The molecule has 0 radical (unpaired) electrons. The van der Waals surface area contributed by atoms with Crippen LogP contribution in [0.25, 0.3) is 0 Å². The minimum atomic E-state index is -3.05. The molecule has 0 spiro atoms. The SMILES string of the molecule is CNCCCCS(=O)(=O)N1CCCC(C(C)(C)C)CC1. The highest BCUT2D eigenvalue weighted by Crippen LogP contribution is 2.34. The lowest BCUT2D eigenvalue weighted by molar-refractivity contribution is 0.217. The largest absolute Gasteiger partial charge is 0.320 e. The summed E-state index contributed by atoms with van der Waals surface area (Å²) >= 11 is 0. The van der Waals surface area contributed by atoms with Crippen molar-refractivity contribution in [1.29, 1.82) is 0 Å². The normalized spacial score (nSPS) is 22.7. The number of hydrogen-bond acceptors (Lipinski definition) is 3. The zero-order valence-corrected chi connectivity index (χ0v) is 14.4. The van der Waals surface area contributed by atoms with E-state index in [0.29, 0.717) is 24.8 Å². The molecule has 0 bridgehead atoms. The van der Waals surface area contributed by atoms with Gasteiger partial charge in [-0.15, -0.1) is 0 Å². The Kier molecular flexibility index (Phi) is 6.95. The van der Waals surface area contributed by atoms with Gasteiger partial charge in [0.25, 0.3) is 0 Å². The molecule has 0 saturated carbocycles. The topological polar surface area (TPSA) is 49.4 Å². The molecule has 1 atom stereocenters. The van der Waals surface area contributed by atoms with Gasteiger partial charge in [0, 0.05) is 13.1 Å². The first-order valence-corrected chi connectivity index (χ1v) is 9.50. The van der Waals surface area contributed by atoms with Crippen LogP contribution in [-0.2, 0) is 10.0 Å². The van der Waals surface area contributed by atoms with E-state index in [-0.39, 0.29) is 5.41 Å². The second-order valence-corrected chi connectivity index (χ2v) is 9.11. The summed E-state index contributed by atoms with van der Waals surface area (Å²) in [4.78, 5) is 0. The molecule has 1 aliphatic rings. The minimum absolute atomic E-state index is 0.284. The molecular formula is C15H32N2O2S. The van der Waals surface area contributed by atoms with E-state index in [9.17, 15) is 8.42 Å². The predicted octanol–water partition coefficient (Wildman–Crippen LogP) is 2.46. The molecule has 4 nitrogen and oxygen atoms in total. The summed E-state index contributed by atoms with van der Waals surface area (Å²) in [6.07, 6.45) is 4.82. The molecule has 0 aromatic heterocycles. The van der Waals surface area contributed by atoms with Crippen molar-refractivity contribution in [2.45, 2.75) is 52.9 Å². The van der Waals surface area contributed by atoms with E-state index in [1.54, 1.807) is 4.31 Å². The van der Waals surface area contributed by atoms with Crippen LogP contribution in [0.3, 0.4) is 0 Å². The van der Waals surface area contributed by atoms with Crippen molar-refractivity contribution < 1.29 is 8.42 Å². The van der Waals surface area contributed by atoms with Crippen LogP contribution in [0.4, 0.5) is 0 Å². The van der Waals surface area contributed by atoms with Crippen molar-refractivity contribution in [3.05, 3.63) is 0 Å². The Hall–Kier alpha value is -0.130. The molecule has 120 valence electrons. The molecule has 1 rings (SSSR count). The van der Waals surface area contributed by atoms with Gasteiger partial charge in [0.05, 0.1) is 5.75 Å². The van der Waals surface area contributed by atoms with E-state index < -0.39 is 10.0 Å². The van der Waals surface area contributed by atoms with Gasteiger partial charge >= 0.3 is 0 Å². The van der Waals surface area contributed by atoms with Gasteiger partial charge in [-0.25, -0.2) is 12.7 Å². The molecule has 1 fully saturated rings. The molecule has 0 amide bonds. The summed E-state index contributed by atoms with van der Waals surface area (Å²) in [6, 6.07) is 0. The zero-order chi connectivity index (χ0) is 15.2. The van der Waals surface area contributed by atoms with Crippen LogP contribution < -0.4 is 5.32 Å². The molecule has 1 unspecified atom stereocenters. The van der Waals surface area contributed by atoms with Gasteiger partial charge in [0.15, 0.2) is 0 Å². The molecule has 5 heteroatoms. The molecule has 0 aliphatic carbocycles. The van der Waals surface area contributed by atoms with Crippen LogP contribution in [0.15, 0.2) is 0 Å². The quantitative estimate of drug-likeness (QED) is 0.767. The maximum absolute atomic E-state index is 12.4. The van der Waals surface area contributed by atoms with E-state index in [0.717, 1.165) is 38.6 Å². The fourth-order valence-corrected chi connectivity index (χ4v) is 4.55. The van der Waals surface area contributed by atoms with E-state index in [1.807, 2.05) is 7.05 Å². The fraction of sp³-hybridized carbons (Fsp3) is 1.00. The van der Waals surface area contributed by atoms with Crippen molar-refractivity contribution in [3.8, 4) is 0 Å². The van der Waals surface area contributed by atoms with Gasteiger partial charge in [-0.1, -0.05) is 20.8 Å². The van der Waals surface area contributed by atoms with Gasteiger partial charge in [-0.05, 0) is 57.0 Å². The van der Waals surface area contributed by atoms with Crippen LogP contribution >= 0.6 is 0 Å². The zero-order valence-electron chi connectivity index (χ0n) is 13.6. The summed E-state index contributed by atoms with van der Waals surface area (Å²) in [6.45, 7) is 9.09. The Morgan fingerprint density at radius 2 is 1.85 bits per heavy atom. The van der Waals surface area contributed by atoms with Crippen LogP contribution in [-0.4, -0.2) is 45.2 Å². The minimum Gasteiger partial charge on any atom is -0.320 e. The van der Waals surface area contributed by atoms with Crippen LogP contribution in [0, 0.1) is 11.3 Å². The second kappa shape index (κ2) is 7.76. The van der Waals surface area contributed by atoms with Gasteiger partial charge in [0.2, 0.25) is 10.0 Å². The smallest absolute Gasteiger partial charge is 0.214 e. The number of nitrogens with zero attached hydrogens (tertiary/aromatic N) is 1. The Balaban J connectivity index is 2.51. The maximum Gasteiger partial charge on any atom is 0.214 e. The Bertz CT molecular complexity index is 374. The fourth-order valence-electron chi connectivity index (χ4n) is 2.93. The lowest BCUT2D eigenvalue weighted by atomic mass is 9.77. The highest BCUT2D eigenvalue weighted by molar-refractivity contribution is 7.89. The molecular weight excluding hydrogens is 272 g/mol. The summed E-state index contributed by atoms with van der Waals surface area (Å²) < 4.78 is 26.5. The first-order chi connectivity index (χ1) is 9.27. The first kappa shape index (κ1) is 17.9. The standard InChI is InChI=1S/C15H32N2O2S/c1-15(2,3)14-8-7-11-17(12-9-14)20(18,19)13-6-5-10-16-4/h14,16H,5-13H2,1-4H3. The van der Waals surface area contributed by atoms with E-state index >= 15 is 0 Å². The third-order valence-electron chi connectivity index (χ3n) is 4.38. The average Bonchev–Trinajstić information content (AvgIpc) is 2.60. The maximum atomic E-state index is 12.4. The lowest BCUT2D eigenvalue weighted by Crippen LogP contribution is -2.34. The third-order valence-corrected chi connectivity index (χ3v) is 6.34. The molecule has 1 heterocycles. The summed E-state index contributed by atoms with van der Waals surface area (Å²) in [7, 11) is -1.15. The highest BCUT2D eigenvalue weighted by atomic mass is 32.2. The third kappa shape index (κ3) is 5.70. The monoisotopic (exact) mass is 304 g/mol. The van der Waals surface area contributed by atoms with Crippen molar-refractivity contribution in [2.24, 2.45) is 11.3 Å². The molecule has 20 heavy (non-hydrogen) atoms. The van der Waals surface area contributed by atoms with Crippen molar-refractivity contribution in [2.75, 3.05) is 32.4 Å². The van der Waals surface area contributed by atoms with Crippen LogP contribution in [0.1, 0.15) is 52.9 Å². The molecule has 1 N–H and O–H groups in total. The van der Waals surface area contributed by atoms with Crippen molar-refractivity contribution in [3.63, 3.8) is 0 Å². The number of hydrogen-bond donors (Lipinski definition) is 1. The number of sulfonamides is 1. The van der Waals surface area contributed by atoms with Gasteiger partial charge < -0.3 is 5.32 Å². The Morgan fingerprint density at radius 1 is 1.15 bits per heavy atom. The second-order valence-electron chi connectivity index (χ2n) is 7.02. The summed E-state index contributed by atoms with van der Waals surface area (Å²) in [5.41, 5.74) is 0.284. The number of nitrogens with one attached hydrogen (secondary N) is 1. The molecule has 1 saturated heterocycles. The summed E-state index contributed by atoms with van der Waals surface area (Å²) in [5.74, 6) is 0.932. The van der Waals surface area contributed by atoms with Crippen LogP contribution in [0.5, 0.6) is 0 Å². The number of rotatable bonds is 6. The molecule has 0 aromatic rings. The van der Waals surface area contributed by atoms with Crippen molar-refractivity contribution >= 4 is 10.0 Å². The lowest BCUT2D eigenvalue weighted by Gasteiger charge is -2.29. The van der Waals surface area contributed by atoms with Gasteiger partial charge in [0.1, 0.15) is 0 Å². The molecule has 1 aliphatic heterocycles. The van der Waals surface area contributed by atoms with Crippen molar-refractivity contribution in [1.82, 2.24) is 9.62 Å². The van der Waals surface area contributed by atoms with Gasteiger partial charge in [-0.2, -0.15) is 0 Å². The van der Waals surface area contributed by atoms with E-state index in [1.165, 1.54) is 0 Å². The number of unbranched alkanes of at least 4 members (excludes halogenated alkanes) is 1. The Morgan fingerprint density at radius 3 is 2.45 bits per heavy atom. The van der Waals surface area contributed by atoms with Crippen LogP contribution in [0.2, 0.25) is 0 Å². The van der Waals surface area contributed by atoms with Gasteiger partial charge in [-0.3, -0.25) is 0 Å². The predicted molar refractivity (Wildman–Crippen MR) is 85.3 cm³/mol. The average molecular weight is 305 g/mol. The van der Waals surface area contributed by atoms with E-state index in [4.69, 9.17) is 0 Å². The molecule has 0 aromatic carbocycles.